The molecule has 2 unspecified atom stereocenters. The number of nitrogens with zero attached hydrogens (tertiary/aromatic N) is 4. The van der Waals surface area contributed by atoms with Gasteiger partial charge in [-0.2, -0.15) is 0 Å². The van der Waals surface area contributed by atoms with E-state index in [0.717, 1.165) is 33.8 Å². The fraction of sp³-hybridized carbons (Fsp3) is 0.436. The first-order valence-corrected chi connectivity index (χ1v) is 18.2. The molecule has 13 heteroatoms. The average Bonchev–Trinajstić information content (AvgIpc) is 3.71. The third kappa shape index (κ3) is 8.89. The smallest absolute Gasteiger partial charge is 0.313 e. The Bertz CT molecular complexity index is 1740. The van der Waals surface area contributed by atoms with Gasteiger partial charge in [-0.25, -0.2) is 0 Å². The van der Waals surface area contributed by atoms with E-state index in [1.807, 2.05) is 75.1 Å². The zero-order valence-corrected chi connectivity index (χ0v) is 33.4. The van der Waals surface area contributed by atoms with E-state index >= 15 is 0 Å². The molecule has 1 amide bonds. The summed E-state index contributed by atoms with van der Waals surface area (Å²) < 4.78 is 25.0. The number of amides is 1. The van der Waals surface area contributed by atoms with Crippen molar-refractivity contribution in [3.05, 3.63) is 105 Å². The summed E-state index contributed by atoms with van der Waals surface area (Å²) in [4.78, 5) is 31.4. The van der Waals surface area contributed by atoms with Crippen molar-refractivity contribution in [2.75, 3.05) is 52.7 Å². The van der Waals surface area contributed by atoms with Gasteiger partial charge in [-0.15, -0.1) is 0 Å². The number of aryl methyl sites for hydroxylation is 2. The Morgan fingerprint density at radius 3 is 2.19 bits per heavy atom. The highest BCUT2D eigenvalue weighted by atomic mass is 79.9. The van der Waals surface area contributed by atoms with E-state index < -0.39 is 6.29 Å². The quantitative estimate of drug-likeness (QED) is 0.164. The Kier molecular flexibility index (Phi) is 13.2. The average molecular weight is 819 g/mol. The van der Waals surface area contributed by atoms with Crippen LogP contribution in [-0.4, -0.2) is 90.0 Å². The number of quaternary nitrogens is 1. The summed E-state index contributed by atoms with van der Waals surface area (Å²) in [5.74, 6) is 1.85. The third-order valence-electron chi connectivity index (χ3n) is 9.70. The molecule has 0 N–H and O–H groups in total. The highest BCUT2D eigenvalue weighted by molar-refractivity contribution is 6.35. The number of para-hydroxylation sites is 1. The normalized spacial score (nSPS) is 20.6. The molecule has 2 saturated heterocycles. The number of hydrogen-bond donors (Lipinski definition) is 0. The number of ether oxygens (including phenoxy) is 4. The molecule has 0 saturated carbocycles. The van der Waals surface area contributed by atoms with Crippen LogP contribution in [-0.2, 0) is 25.6 Å². The number of esters is 1. The van der Waals surface area contributed by atoms with Gasteiger partial charge < -0.3 is 45.7 Å². The first-order valence-electron chi connectivity index (χ1n) is 17.5. The molecule has 2 atom stereocenters. The summed E-state index contributed by atoms with van der Waals surface area (Å²) in [6, 6.07) is 19.6. The van der Waals surface area contributed by atoms with Crippen molar-refractivity contribution >= 4 is 35.1 Å². The molecule has 2 fully saturated rings. The van der Waals surface area contributed by atoms with Gasteiger partial charge in [-0.1, -0.05) is 55.2 Å². The van der Waals surface area contributed by atoms with E-state index in [9.17, 15) is 9.59 Å². The van der Waals surface area contributed by atoms with Crippen LogP contribution in [0.2, 0.25) is 10.0 Å². The van der Waals surface area contributed by atoms with Crippen LogP contribution >= 0.6 is 23.2 Å². The molecule has 3 heterocycles. The van der Waals surface area contributed by atoms with E-state index in [1.54, 1.807) is 13.0 Å². The molecule has 0 radical (unpaired) electrons. The molecular weight excluding hydrogens is 771 g/mol. The summed E-state index contributed by atoms with van der Waals surface area (Å²) >= 11 is 13.6. The minimum absolute atomic E-state index is 0. The predicted molar refractivity (Wildman–Crippen MR) is 196 cm³/mol. The predicted octanol–water partition coefficient (Wildman–Crippen LogP) is 3.88. The third-order valence-corrected chi connectivity index (χ3v) is 10.3. The van der Waals surface area contributed by atoms with Crippen LogP contribution in [0.15, 0.2) is 72.7 Å². The molecule has 280 valence electrons. The fourth-order valence-electron chi connectivity index (χ4n) is 7.23. The molecule has 0 spiro atoms. The lowest BCUT2D eigenvalue weighted by molar-refractivity contribution is -0.931. The largest absolute Gasteiger partial charge is 1.00 e. The first kappa shape index (κ1) is 39.9. The number of rotatable bonds is 11. The number of halogens is 3. The molecule has 6 rings (SSSR count). The Morgan fingerprint density at radius 1 is 0.942 bits per heavy atom. The lowest BCUT2D eigenvalue weighted by Gasteiger charge is -2.43. The van der Waals surface area contributed by atoms with Crippen molar-refractivity contribution in [3.63, 3.8) is 0 Å². The number of carbonyl (C=O) groups excluding carboxylic acids is 2. The van der Waals surface area contributed by atoms with Crippen molar-refractivity contribution < 1.29 is 50.0 Å². The minimum Gasteiger partial charge on any atom is -1.00 e. The zero-order chi connectivity index (χ0) is 36.3. The number of benzene rings is 3. The minimum atomic E-state index is -0.464. The van der Waals surface area contributed by atoms with Crippen LogP contribution in [0.25, 0.3) is 0 Å². The van der Waals surface area contributed by atoms with Gasteiger partial charge in [0.1, 0.15) is 30.8 Å². The van der Waals surface area contributed by atoms with Gasteiger partial charge in [0.2, 0.25) is 18.4 Å². The fourth-order valence-corrected chi connectivity index (χ4v) is 7.74. The van der Waals surface area contributed by atoms with E-state index in [4.69, 9.17) is 42.1 Å². The van der Waals surface area contributed by atoms with Gasteiger partial charge in [0.25, 0.3) is 0 Å². The SMILES string of the molecule is CC(=O)N1CCN(C2=C[N+](Cc3cc(C)c(OC(=O)C(C)C)c(C)c3)(CC3OCCO3)C(c3ccc(Cl)cc3Cl)N2COc2ccccc2)CC1.[Br-]. The van der Waals surface area contributed by atoms with Gasteiger partial charge in [0.05, 0.1) is 29.7 Å². The highest BCUT2D eigenvalue weighted by Gasteiger charge is 2.52. The van der Waals surface area contributed by atoms with Crippen molar-refractivity contribution in [1.29, 1.82) is 0 Å². The van der Waals surface area contributed by atoms with Crippen molar-refractivity contribution in [2.24, 2.45) is 5.92 Å². The Balaban J connectivity index is 0.00000523. The van der Waals surface area contributed by atoms with E-state index in [-0.39, 0.29) is 47.7 Å². The topological polar surface area (TPSA) is 80.8 Å². The van der Waals surface area contributed by atoms with Gasteiger partial charge in [-0.3, -0.25) is 19.0 Å². The van der Waals surface area contributed by atoms with Crippen LogP contribution in [0.1, 0.15) is 49.2 Å². The highest BCUT2D eigenvalue weighted by Crippen LogP contribution is 2.47. The number of carbonyl (C=O) groups is 2. The summed E-state index contributed by atoms with van der Waals surface area (Å²) in [5, 5.41) is 1.08. The van der Waals surface area contributed by atoms with Crippen molar-refractivity contribution in [3.8, 4) is 11.5 Å². The van der Waals surface area contributed by atoms with Crippen LogP contribution in [0.5, 0.6) is 11.5 Å². The standard InChI is InChI=1S/C39H47Cl2N4O6.BrH/c1-26(2)39(47)51-37-27(3)19-30(20-28(37)4)22-45(24-36-48-17-18-49-36)23-35(43-15-13-42(14-16-43)29(5)46)44(25-50-32-9-7-6-8-10-32)38(45)33-12-11-31(40)21-34(33)41;/h6-12,19-21,23,26,36,38H,13-18,22,24-25H2,1-5H3;1H/q+1;/p-1. The van der Waals surface area contributed by atoms with E-state index in [0.29, 0.717) is 72.8 Å². The van der Waals surface area contributed by atoms with Crippen LogP contribution in [0.4, 0.5) is 0 Å². The molecule has 3 aromatic rings. The summed E-state index contributed by atoms with van der Waals surface area (Å²) in [5.41, 5.74) is 3.67. The molecule has 0 bridgehead atoms. The second-order valence-corrected chi connectivity index (χ2v) is 14.7. The van der Waals surface area contributed by atoms with Crippen LogP contribution < -0.4 is 26.5 Å². The molecular formula is C39H47BrCl2N4O6. The summed E-state index contributed by atoms with van der Waals surface area (Å²) in [7, 11) is 0. The zero-order valence-electron chi connectivity index (χ0n) is 30.3. The van der Waals surface area contributed by atoms with Crippen molar-refractivity contribution in [1.82, 2.24) is 14.7 Å². The molecule has 0 aromatic heterocycles. The van der Waals surface area contributed by atoms with Crippen molar-refractivity contribution in [2.45, 2.75) is 53.6 Å². The molecule has 3 aliphatic rings. The molecule has 3 aliphatic heterocycles. The van der Waals surface area contributed by atoms with Crippen LogP contribution in [0.3, 0.4) is 0 Å². The monoisotopic (exact) mass is 816 g/mol. The Hall–Kier alpha value is -3.32. The first-order chi connectivity index (χ1) is 24.4. The summed E-state index contributed by atoms with van der Waals surface area (Å²) in [6.45, 7) is 14.0. The lowest BCUT2D eigenvalue weighted by atomic mass is 10.0. The second kappa shape index (κ2) is 17.2. The number of piperazine rings is 1. The Labute approximate surface area is 327 Å². The maximum Gasteiger partial charge on any atom is 0.313 e. The van der Waals surface area contributed by atoms with E-state index in [1.165, 1.54) is 0 Å². The lowest BCUT2D eigenvalue weighted by Crippen LogP contribution is -3.00. The molecule has 0 aliphatic carbocycles. The van der Waals surface area contributed by atoms with Gasteiger partial charge in [0.15, 0.2) is 12.6 Å². The Morgan fingerprint density at radius 2 is 1.60 bits per heavy atom. The van der Waals surface area contributed by atoms with E-state index in [2.05, 4.69) is 28.1 Å². The molecule has 52 heavy (non-hydrogen) atoms. The van der Waals surface area contributed by atoms with Crippen LogP contribution in [0, 0.1) is 19.8 Å². The summed E-state index contributed by atoms with van der Waals surface area (Å²) in [6.07, 6.45) is 1.44. The number of hydrogen-bond acceptors (Lipinski definition) is 8. The van der Waals surface area contributed by atoms with Gasteiger partial charge in [-0.05, 0) is 67.4 Å². The van der Waals surface area contributed by atoms with Gasteiger partial charge in [0, 0.05) is 43.7 Å². The maximum absolute atomic E-state index is 12.6. The van der Waals surface area contributed by atoms with Gasteiger partial charge >= 0.3 is 5.97 Å². The molecule has 10 nitrogen and oxygen atoms in total. The molecule has 3 aromatic carbocycles. The second-order valence-electron chi connectivity index (χ2n) is 13.8. The maximum atomic E-state index is 12.6.